The largest absolute Gasteiger partial charge is 0.356 e. The van der Waals surface area contributed by atoms with Gasteiger partial charge in [-0.25, -0.2) is 9.67 Å². The average Bonchev–Trinajstić information content (AvgIpc) is 3.05. The third-order valence-electron chi connectivity index (χ3n) is 4.61. The molecule has 2 heterocycles. The van der Waals surface area contributed by atoms with Crippen molar-refractivity contribution in [3.63, 3.8) is 0 Å². The van der Waals surface area contributed by atoms with E-state index in [9.17, 15) is 0 Å². The lowest BCUT2D eigenvalue weighted by molar-refractivity contribution is 0.392. The number of benzene rings is 1. The summed E-state index contributed by atoms with van der Waals surface area (Å²) in [5, 5.41) is 11.5. The first kappa shape index (κ1) is 20.7. The lowest BCUT2D eigenvalue weighted by atomic mass is 10.1. The Morgan fingerprint density at radius 3 is 2.77 bits per heavy atom. The van der Waals surface area contributed by atoms with Crippen LogP contribution in [0.4, 0.5) is 0 Å². The van der Waals surface area contributed by atoms with Crippen molar-refractivity contribution < 1.29 is 0 Å². The van der Waals surface area contributed by atoms with Crippen molar-refractivity contribution in [1.29, 1.82) is 0 Å². The average molecular weight is 468 g/mol. The van der Waals surface area contributed by atoms with E-state index in [1.807, 2.05) is 11.7 Å². The number of aliphatic imine (C=N–C) groups is 1. The first-order valence-corrected chi connectivity index (χ1v) is 9.13. The van der Waals surface area contributed by atoms with Gasteiger partial charge in [0, 0.05) is 32.5 Å². The van der Waals surface area contributed by atoms with Gasteiger partial charge >= 0.3 is 0 Å². The quantitative estimate of drug-likeness (QED) is 0.402. The Kier molecular flexibility index (Phi) is 7.86. The molecule has 0 radical (unpaired) electrons. The van der Waals surface area contributed by atoms with Crippen LogP contribution in [0.3, 0.4) is 0 Å². The molecular weight excluding hydrogens is 439 g/mol. The zero-order valence-electron chi connectivity index (χ0n) is 15.8. The van der Waals surface area contributed by atoms with Crippen molar-refractivity contribution in [3.8, 4) is 0 Å². The monoisotopic (exact) mass is 468 g/mol. The van der Waals surface area contributed by atoms with Gasteiger partial charge < -0.3 is 10.6 Å². The number of fused-ring (bicyclic) bond motifs is 1. The Labute approximate surface area is 172 Å². The van der Waals surface area contributed by atoms with Crippen LogP contribution in [-0.2, 0) is 25.8 Å². The molecule has 0 spiro atoms. The SMILES string of the molecule is CCc1nc2n(n1)CC(NC(=NC)NCCc1ccc(C)cc1)CC2.I. The molecule has 2 aromatic rings. The minimum Gasteiger partial charge on any atom is -0.356 e. The van der Waals surface area contributed by atoms with Gasteiger partial charge in [0.1, 0.15) is 5.82 Å². The maximum Gasteiger partial charge on any atom is 0.191 e. The Morgan fingerprint density at radius 2 is 2.08 bits per heavy atom. The maximum atomic E-state index is 4.57. The van der Waals surface area contributed by atoms with Crippen molar-refractivity contribution in [1.82, 2.24) is 25.4 Å². The summed E-state index contributed by atoms with van der Waals surface area (Å²) in [5.74, 6) is 2.91. The molecule has 1 aliphatic heterocycles. The van der Waals surface area contributed by atoms with E-state index in [1.54, 1.807) is 0 Å². The molecule has 3 rings (SSSR count). The third kappa shape index (κ3) is 5.43. The van der Waals surface area contributed by atoms with E-state index >= 15 is 0 Å². The predicted octanol–water partition coefficient (Wildman–Crippen LogP) is 2.49. The van der Waals surface area contributed by atoms with Crippen molar-refractivity contribution in [2.45, 2.75) is 52.1 Å². The molecule has 0 fully saturated rings. The highest BCUT2D eigenvalue weighted by atomic mass is 127. The van der Waals surface area contributed by atoms with Gasteiger partial charge in [-0.05, 0) is 25.3 Å². The van der Waals surface area contributed by atoms with Crippen LogP contribution in [0, 0.1) is 6.92 Å². The topological polar surface area (TPSA) is 67.1 Å². The molecule has 26 heavy (non-hydrogen) atoms. The summed E-state index contributed by atoms with van der Waals surface area (Å²) in [6, 6.07) is 9.03. The molecule has 2 N–H and O–H groups in total. The van der Waals surface area contributed by atoms with Crippen LogP contribution in [0.5, 0.6) is 0 Å². The van der Waals surface area contributed by atoms with Gasteiger partial charge in [0.25, 0.3) is 0 Å². The molecule has 1 aliphatic rings. The minimum absolute atomic E-state index is 0. The summed E-state index contributed by atoms with van der Waals surface area (Å²) in [5.41, 5.74) is 2.63. The number of aryl methyl sites for hydroxylation is 3. The Balaban J connectivity index is 0.00000243. The van der Waals surface area contributed by atoms with Gasteiger partial charge in [0.2, 0.25) is 0 Å². The Hall–Kier alpha value is -1.64. The number of aromatic nitrogens is 3. The Bertz CT molecular complexity index is 722. The first-order chi connectivity index (χ1) is 12.2. The van der Waals surface area contributed by atoms with Crippen molar-refractivity contribution in [2.75, 3.05) is 13.6 Å². The van der Waals surface area contributed by atoms with E-state index in [0.717, 1.165) is 56.4 Å². The van der Waals surface area contributed by atoms with E-state index in [-0.39, 0.29) is 24.0 Å². The molecule has 1 aromatic heterocycles. The van der Waals surface area contributed by atoms with E-state index in [0.29, 0.717) is 6.04 Å². The third-order valence-corrected chi connectivity index (χ3v) is 4.61. The van der Waals surface area contributed by atoms with E-state index in [2.05, 4.69) is 63.8 Å². The zero-order valence-corrected chi connectivity index (χ0v) is 18.2. The second kappa shape index (κ2) is 9.89. The van der Waals surface area contributed by atoms with Crippen LogP contribution in [0.15, 0.2) is 29.3 Å². The molecule has 0 aliphatic carbocycles. The highest BCUT2D eigenvalue weighted by molar-refractivity contribution is 14.0. The zero-order chi connectivity index (χ0) is 17.6. The molecule has 1 unspecified atom stereocenters. The second-order valence-electron chi connectivity index (χ2n) is 6.59. The minimum atomic E-state index is 0. The van der Waals surface area contributed by atoms with Gasteiger partial charge in [-0.3, -0.25) is 4.99 Å². The second-order valence-corrected chi connectivity index (χ2v) is 6.59. The number of nitrogens with zero attached hydrogens (tertiary/aromatic N) is 4. The van der Waals surface area contributed by atoms with E-state index in [4.69, 9.17) is 0 Å². The molecule has 0 bridgehead atoms. The fraction of sp³-hybridized carbons (Fsp3) is 0.526. The lowest BCUT2D eigenvalue weighted by Gasteiger charge is -2.25. The van der Waals surface area contributed by atoms with E-state index < -0.39 is 0 Å². The highest BCUT2D eigenvalue weighted by Gasteiger charge is 2.21. The van der Waals surface area contributed by atoms with Crippen LogP contribution in [0.2, 0.25) is 0 Å². The number of nitrogens with one attached hydrogen (secondary N) is 2. The molecular formula is C19H29IN6. The number of halogens is 1. The van der Waals surface area contributed by atoms with Gasteiger partial charge in [0.15, 0.2) is 11.8 Å². The molecule has 7 heteroatoms. The normalized spacial score (nSPS) is 16.6. The molecule has 6 nitrogen and oxygen atoms in total. The van der Waals surface area contributed by atoms with Gasteiger partial charge in [-0.2, -0.15) is 5.10 Å². The summed E-state index contributed by atoms with van der Waals surface area (Å²) in [6.07, 6.45) is 3.89. The molecule has 1 aromatic carbocycles. The van der Waals surface area contributed by atoms with Crippen LogP contribution >= 0.6 is 24.0 Å². The summed E-state index contributed by atoms with van der Waals surface area (Å²) in [4.78, 5) is 8.92. The van der Waals surface area contributed by atoms with Gasteiger partial charge in [-0.15, -0.1) is 24.0 Å². The van der Waals surface area contributed by atoms with Crippen LogP contribution in [-0.4, -0.2) is 40.4 Å². The van der Waals surface area contributed by atoms with Gasteiger partial charge in [-0.1, -0.05) is 36.8 Å². The van der Waals surface area contributed by atoms with Crippen molar-refractivity contribution in [3.05, 3.63) is 47.0 Å². The molecule has 0 amide bonds. The summed E-state index contributed by atoms with van der Waals surface area (Å²) >= 11 is 0. The van der Waals surface area contributed by atoms with Crippen LogP contribution in [0.1, 0.15) is 36.1 Å². The fourth-order valence-corrected chi connectivity index (χ4v) is 3.10. The number of rotatable bonds is 5. The molecule has 1 atom stereocenters. The Morgan fingerprint density at radius 1 is 1.31 bits per heavy atom. The predicted molar refractivity (Wildman–Crippen MR) is 116 cm³/mol. The van der Waals surface area contributed by atoms with Crippen LogP contribution in [0.25, 0.3) is 0 Å². The smallest absolute Gasteiger partial charge is 0.191 e. The summed E-state index contributed by atoms with van der Waals surface area (Å²) < 4.78 is 2.04. The van der Waals surface area contributed by atoms with Gasteiger partial charge in [0.05, 0.1) is 6.54 Å². The summed E-state index contributed by atoms with van der Waals surface area (Å²) in [6.45, 7) is 5.92. The van der Waals surface area contributed by atoms with Crippen molar-refractivity contribution >= 4 is 29.9 Å². The lowest BCUT2D eigenvalue weighted by Crippen LogP contribution is -2.47. The standard InChI is InChI=1S/C19H28N6.HI/c1-4-17-23-18-10-9-16(13-25(18)24-17)22-19(20-3)21-12-11-15-7-5-14(2)6-8-15;/h5-8,16H,4,9-13H2,1-3H3,(H2,20,21,22);1H. The number of guanidine groups is 1. The fourth-order valence-electron chi connectivity index (χ4n) is 3.10. The maximum absolute atomic E-state index is 4.57. The molecule has 0 saturated heterocycles. The number of hydrogen-bond donors (Lipinski definition) is 2. The molecule has 142 valence electrons. The van der Waals surface area contributed by atoms with Crippen LogP contribution < -0.4 is 10.6 Å². The highest BCUT2D eigenvalue weighted by Crippen LogP contribution is 2.13. The number of hydrogen-bond acceptors (Lipinski definition) is 3. The molecule has 0 saturated carbocycles. The van der Waals surface area contributed by atoms with Crippen molar-refractivity contribution in [2.24, 2.45) is 4.99 Å². The summed E-state index contributed by atoms with van der Waals surface area (Å²) in [7, 11) is 1.82. The first-order valence-electron chi connectivity index (χ1n) is 9.13. The van der Waals surface area contributed by atoms with E-state index in [1.165, 1.54) is 11.1 Å².